The maximum absolute atomic E-state index is 9.13. The summed E-state index contributed by atoms with van der Waals surface area (Å²) in [7, 11) is 1.62. The molecule has 0 aliphatic rings. The number of aryl methyl sites for hydroxylation is 1. The molecule has 1 aromatic rings. The molecule has 0 atom stereocenters. The number of nitriles is 1. The van der Waals surface area contributed by atoms with Crippen LogP contribution in [0, 0.1) is 11.3 Å². The number of nitrogens with zero attached hydrogens (tertiary/aromatic N) is 1. The molecule has 0 heterocycles. The van der Waals surface area contributed by atoms with Crippen molar-refractivity contribution in [3.8, 4) is 11.8 Å². The zero-order valence-electron chi connectivity index (χ0n) is 10.7. The number of benzene rings is 1. The fourth-order valence-electron chi connectivity index (χ4n) is 1.75. The molecule has 16 heavy (non-hydrogen) atoms. The van der Waals surface area contributed by atoms with Crippen molar-refractivity contribution < 1.29 is 4.74 Å². The monoisotopic (exact) mass is 217 g/mol. The van der Waals surface area contributed by atoms with E-state index in [4.69, 9.17) is 10.00 Å². The molecule has 0 saturated heterocycles. The average Bonchev–Trinajstić information content (AvgIpc) is 2.25. The van der Waals surface area contributed by atoms with E-state index in [1.807, 2.05) is 6.07 Å². The van der Waals surface area contributed by atoms with Crippen molar-refractivity contribution in [3.05, 3.63) is 28.8 Å². The zero-order valence-corrected chi connectivity index (χ0v) is 10.7. The Morgan fingerprint density at radius 3 is 2.31 bits per heavy atom. The second-order valence-electron chi connectivity index (χ2n) is 4.94. The van der Waals surface area contributed by atoms with Gasteiger partial charge in [0.25, 0.3) is 0 Å². The Labute approximate surface area is 97.9 Å². The van der Waals surface area contributed by atoms with Crippen LogP contribution in [-0.2, 0) is 11.8 Å². The minimum Gasteiger partial charge on any atom is -0.495 e. The molecule has 86 valence electrons. The van der Waals surface area contributed by atoms with Crippen LogP contribution in [0.2, 0.25) is 0 Å². The van der Waals surface area contributed by atoms with Crippen molar-refractivity contribution >= 4 is 0 Å². The van der Waals surface area contributed by atoms with E-state index in [1.54, 1.807) is 7.11 Å². The molecule has 1 aromatic carbocycles. The second kappa shape index (κ2) is 4.57. The van der Waals surface area contributed by atoms with Gasteiger partial charge in [-0.3, -0.25) is 0 Å². The molecule has 0 radical (unpaired) electrons. The van der Waals surface area contributed by atoms with Gasteiger partial charge in [0.05, 0.1) is 12.7 Å². The Morgan fingerprint density at radius 2 is 1.94 bits per heavy atom. The summed E-state index contributed by atoms with van der Waals surface area (Å²) in [5.74, 6) is 0.715. The molecule has 2 nitrogen and oxygen atoms in total. The fourth-order valence-corrected chi connectivity index (χ4v) is 1.75. The summed E-state index contributed by atoms with van der Waals surface area (Å²) >= 11 is 0. The first-order valence-electron chi connectivity index (χ1n) is 5.55. The lowest BCUT2D eigenvalue weighted by molar-refractivity contribution is 0.396. The minimum atomic E-state index is -0.0118. The van der Waals surface area contributed by atoms with Crippen LogP contribution in [0.5, 0.6) is 5.75 Å². The maximum atomic E-state index is 9.13. The van der Waals surface area contributed by atoms with Gasteiger partial charge >= 0.3 is 0 Å². The number of rotatable bonds is 2. The van der Waals surface area contributed by atoms with E-state index in [2.05, 4.69) is 39.8 Å². The number of methoxy groups -OCH3 is 1. The molecular weight excluding hydrogens is 198 g/mol. The smallest absolute Gasteiger partial charge is 0.140 e. The van der Waals surface area contributed by atoms with Crippen LogP contribution in [0.3, 0.4) is 0 Å². The molecular formula is C14H19NO. The second-order valence-corrected chi connectivity index (χ2v) is 4.94. The molecule has 0 aromatic heterocycles. The van der Waals surface area contributed by atoms with Crippen LogP contribution < -0.4 is 4.74 Å². The topological polar surface area (TPSA) is 33.0 Å². The third-order valence-corrected chi connectivity index (χ3v) is 2.69. The standard InChI is InChI=1S/C14H19NO/c1-6-10-7-11(9-15)13(16-5)12(8-10)14(2,3)4/h7-8H,6H2,1-5H3. The van der Waals surface area contributed by atoms with Crippen LogP contribution in [0.4, 0.5) is 0 Å². The molecule has 2 heteroatoms. The van der Waals surface area contributed by atoms with Crippen LogP contribution >= 0.6 is 0 Å². The molecule has 0 amide bonds. The molecule has 0 aliphatic heterocycles. The molecule has 0 bridgehead atoms. The largest absolute Gasteiger partial charge is 0.495 e. The maximum Gasteiger partial charge on any atom is 0.140 e. The quantitative estimate of drug-likeness (QED) is 0.760. The Balaban J connectivity index is 3.51. The Bertz CT molecular complexity index is 422. The van der Waals surface area contributed by atoms with Gasteiger partial charge in [0, 0.05) is 5.56 Å². The first-order chi connectivity index (χ1) is 7.43. The van der Waals surface area contributed by atoms with E-state index in [0.717, 1.165) is 12.0 Å². The summed E-state index contributed by atoms with van der Waals surface area (Å²) in [6, 6.07) is 6.26. The van der Waals surface area contributed by atoms with Crippen molar-refractivity contribution in [1.29, 1.82) is 5.26 Å². The predicted octanol–water partition coefficient (Wildman–Crippen LogP) is 3.43. The lowest BCUT2D eigenvalue weighted by atomic mass is 9.84. The number of hydrogen-bond donors (Lipinski definition) is 0. The number of ether oxygens (including phenoxy) is 1. The number of hydrogen-bond acceptors (Lipinski definition) is 2. The fraction of sp³-hybridized carbons (Fsp3) is 0.500. The molecule has 0 unspecified atom stereocenters. The first-order valence-corrected chi connectivity index (χ1v) is 5.55. The highest BCUT2D eigenvalue weighted by Crippen LogP contribution is 2.35. The van der Waals surface area contributed by atoms with Crippen molar-refractivity contribution in [2.75, 3.05) is 7.11 Å². The Kier molecular flexibility index (Phi) is 3.59. The van der Waals surface area contributed by atoms with E-state index >= 15 is 0 Å². The summed E-state index contributed by atoms with van der Waals surface area (Å²) in [5.41, 5.74) is 2.90. The molecule has 0 N–H and O–H groups in total. The molecule has 0 saturated carbocycles. The predicted molar refractivity (Wildman–Crippen MR) is 65.8 cm³/mol. The van der Waals surface area contributed by atoms with Gasteiger partial charge in [-0.1, -0.05) is 33.8 Å². The Hall–Kier alpha value is -1.49. The van der Waals surface area contributed by atoms with Crippen molar-refractivity contribution in [2.24, 2.45) is 0 Å². The highest BCUT2D eigenvalue weighted by molar-refractivity contribution is 5.53. The highest BCUT2D eigenvalue weighted by Gasteiger charge is 2.22. The van der Waals surface area contributed by atoms with E-state index in [1.165, 1.54) is 5.56 Å². The van der Waals surface area contributed by atoms with Gasteiger partial charge in [-0.2, -0.15) is 5.26 Å². The molecule has 0 spiro atoms. The van der Waals surface area contributed by atoms with Gasteiger partial charge in [-0.25, -0.2) is 0 Å². The van der Waals surface area contributed by atoms with E-state index in [-0.39, 0.29) is 5.41 Å². The molecule has 1 rings (SSSR count). The van der Waals surface area contributed by atoms with E-state index in [9.17, 15) is 0 Å². The van der Waals surface area contributed by atoms with Crippen molar-refractivity contribution in [1.82, 2.24) is 0 Å². The van der Waals surface area contributed by atoms with Gasteiger partial charge < -0.3 is 4.74 Å². The van der Waals surface area contributed by atoms with E-state index in [0.29, 0.717) is 11.3 Å². The average molecular weight is 217 g/mol. The summed E-state index contributed by atoms with van der Waals surface area (Å²) in [4.78, 5) is 0. The Morgan fingerprint density at radius 1 is 1.31 bits per heavy atom. The van der Waals surface area contributed by atoms with Crippen molar-refractivity contribution in [2.45, 2.75) is 39.5 Å². The van der Waals surface area contributed by atoms with Gasteiger partial charge in [-0.15, -0.1) is 0 Å². The SMILES string of the molecule is CCc1cc(C#N)c(OC)c(C(C)(C)C)c1. The lowest BCUT2D eigenvalue weighted by Gasteiger charge is -2.23. The summed E-state index contributed by atoms with van der Waals surface area (Å²) in [5, 5.41) is 9.13. The zero-order chi connectivity index (χ0) is 12.3. The van der Waals surface area contributed by atoms with Crippen LogP contribution in [0.1, 0.15) is 44.4 Å². The third kappa shape index (κ3) is 2.36. The summed E-state index contributed by atoms with van der Waals surface area (Å²) in [6.45, 7) is 8.48. The molecule has 0 fully saturated rings. The van der Waals surface area contributed by atoms with Gasteiger partial charge in [0.15, 0.2) is 0 Å². The van der Waals surface area contributed by atoms with Crippen LogP contribution in [0.15, 0.2) is 12.1 Å². The lowest BCUT2D eigenvalue weighted by Crippen LogP contribution is -2.14. The summed E-state index contributed by atoms with van der Waals surface area (Å²) in [6.07, 6.45) is 0.932. The van der Waals surface area contributed by atoms with E-state index < -0.39 is 0 Å². The third-order valence-electron chi connectivity index (χ3n) is 2.69. The van der Waals surface area contributed by atoms with Gasteiger partial charge in [0.2, 0.25) is 0 Å². The highest BCUT2D eigenvalue weighted by atomic mass is 16.5. The first kappa shape index (κ1) is 12.6. The normalized spacial score (nSPS) is 11.0. The molecule has 0 aliphatic carbocycles. The van der Waals surface area contributed by atoms with Gasteiger partial charge in [-0.05, 0) is 23.5 Å². The van der Waals surface area contributed by atoms with Crippen LogP contribution in [-0.4, -0.2) is 7.11 Å². The van der Waals surface area contributed by atoms with Crippen molar-refractivity contribution in [3.63, 3.8) is 0 Å². The summed E-state index contributed by atoms with van der Waals surface area (Å²) < 4.78 is 5.37. The van der Waals surface area contributed by atoms with Crippen LogP contribution in [0.25, 0.3) is 0 Å². The van der Waals surface area contributed by atoms with Gasteiger partial charge in [0.1, 0.15) is 11.8 Å². The minimum absolute atomic E-state index is 0.0118.